The van der Waals surface area contributed by atoms with Crippen LogP contribution in [0.3, 0.4) is 0 Å². The minimum atomic E-state index is -0.0531. The zero-order valence-electron chi connectivity index (χ0n) is 14.2. The zero-order valence-corrected chi connectivity index (χ0v) is 15.0. The summed E-state index contributed by atoms with van der Waals surface area (Å²) in [6.07, 6.45) is 2.86. The molecule has 6 heteroatoms. The third-order valence-electron chi connectivity index (χ3n) is 3.97. The number of aromatic nitrogens is 2. The van der Waals surface area contributed by atoms with Gasteiger partial charge < -0.3 is 10.2 Å². The Kier molecular flexibility index (Phi) is 5.85. The van der Waals surface area contributed by atoms with Gasteiger partial charge in [-0.2, -0.15) is 0 Å². The summed E-state index contributed by atoms with van der Waals surface area (Å²) in [5.41, 5.74) is 1.77. The Morgan fingerprint density at radius 1 is 1.35 bits per heavy atom. The Labute approximate surface area is 141 Å². The Morgan fingerprint density at radius 2 is 2.13 bits per heavy atom. The minimum Gasteiger partial charge on any atom is -0.354 e. The highest BCUT2D eigenvalue weighted by Crippen LogP contribution is 2.21. The number of carbonyl (C=O) groups is 1. The number of carbonyl (C=O) groups excluding carboxylic acids is 1. The Balaban J connectivity index is 1.82. The van der Waals surface area contributed by atoms with Crippen LogP contribution in [-0.2, 0) is 11.2 Å². The maximum Gasteiger partial charge on any atom is 0.220 e. The van der Waals surface area contributed by atoms with Gasteiger partial charge in [-0.25, -0.2) is 4.98 Å². The van der Waals surface area contributed by atoms with Crippen molar-refractivity contribution in [3.63, 3.8) is 0 Å². The fraction of sp³-hybridized carbons (Fsp3) is 0.471. The van der Waals surface area contributed by atoms with Crippen molar-refractivity contribution < 1.29 is 4.79 Å². The number of nitrogens with zero attached hydrogens (tertiary/aromatic N) is 3. The fourth-order valence-electron chi connectivity index (χ4n) is 1.83. The summed E-state index contributed by atoms with van der Waals surface area (Å²) in [5, 5.41) is 5.89. The second kappa shape index (κ2) is 7.66. The highest BCUT2D eigenvalue weighted by atomic mass is 32.1. The van der Waals surface area contributed by atoms with Gasteiger partial charge in [0.1, 0.15) is 5.01 Å². The van der Waals surface area contributed by atoms with Crippen LogP contribution < -0.4 is 5.32 Å². The zero-order chi connectivity index (χ0) is 16.9. The van der Waals surface area contributed by atoms with E-state index in [-0.39, 0.29) is 11.4 Å². The molecule has 0 fully saturated rings. The summed E-state index contributed by atoms with van der Waals surface area (Å²) in [6, 6.07) is 5.78. The van der Waals surface area contributed by atoms with Crippen LogP contribution in [0.2, 0.25) is 0 Å². The van der Waals surface area contributed by atoms with Crippen molar-refractivity contribution in [1.82, 2.24) is 20.2 Å². The van der Waals surface area contributed by atoms with Crippen molar-refractivity contribution in [2.75, 3.05) is 20.6 Å². The molecule has 0 saturated carbocycles. The van der Waals surface area contributed by atoms with E-state index in [1.807, 2.05) is 37.7 Å². The van der Waals surface area contributed by atoms with Crippen molar-refractivity contribution in [3.8, 4) is 10.7 Å². The Morgan fingerprint density at radius 3 is 2.78 bits per heavy atom. The van der Waals surface area contributed by atoms with Crippen molar-refractivity contribution in [1.29, 1.82) is 0 Å². The van der Waals surface area contributed by atoms with Gasteiger partial charge in [-0.3, -0.25) is 9.78 Å². The summed E-state index contributed by atoms with van der Waals surface area (Å²) in [7, 11) is 4.03. The maximum atomic E-state index is 12.0. The SMILES string of the molecule is CN(C)C(C)(C)CNC(=O)CCc1csc(-c2ccccn2)n1. The average molecular weight is 332 g/mol. The molecule has 2 aromatic heterocycles. The van der Waals surface area contributed by atoms with Gasteiger partial charge in [0.25, 0.3) is 0 Å². The van der Waals surface area contributed by atoms with E-state index < -0.39 is 0 Å². The summed E-state index contributed by atoms with van der Waals surface area (Å²) in [6.45, 7) is 4.84. The molecule has 0 aromatic carbocycles. The quantitative estimate of drug-likeness (QED) is 0.847. The molecule has 0 aliphatic heterocycles. The van der Waals surface area contributed by atoms with Gasteiger partial charge in [-0.1, -0.05) is 6.07 Å². The molecule has 2 aromatic rings. The van der Waals surface area contributed by atoms with Crippen LogP contribution in [0.15, 0.2) is 29.8 Å². The maximum absolute atomic E-state index is 12.0. The second-order valence-corrected chi connectivity index (χ2v) is 7.20. The van der Waals surface area contributed by atoms with Crippen LogP contribution in [0.5, 0.6) is 0 Å². The van der Waals surface area contributed by atoms with Gasteiger partial charge in [0.15, 0.2) is 0 Å². The van der Waals surface area contributed by atoms with E-state index in [1.165, 1.54) is 0 Å². The van der Waals surface area contributed by atoms with E-state index in [4.69, 9.17) is 0 Å². The van der Waals surface area contributed by atoms with E-state index in [0.29, 0.717) is 19.4 Å². The van der Waals surface area contributed by atoms with Crippen LogP contribution in [0, 0.1) is 0 Å². The number of thiazole rings is 1. The topological polar surface area (TPSA) is 58.1 Å². The summed E-state index contributed by atoms with van der Waals surface area (Å²) >= 11 is 1.56. The first kappa shape index (κ1) is 17.6. The van der Waals surface area contributed by atoms with Crippen LogP contribution in [-0.4, -0.2) is 47.0 Å². The normalized spacial score (nSPS) is 11.7. The molecule has 2 rings (SSSR count). The lowest BCUT2D eigenvalue weighted by Gasteiger charge is -2.32. The molecule has 2 heterocycles. The smallest absolute Gasteiger partial charge is 0.220 e. The molecule has 0 unspecified atom stereocenters. The van der Waals surface area contributed by atoms with E-state index in [0.717, 1.165) is 16.4 Å². The predicted molar refractivity (Wildman–Crippen MR) is 94.4 cm³/mol. The summed E-state index contributed by atoms with van der Waals surface area (Å²) in [4.78, 5) is 23.0. The number of likely N-dealkylation sites (N-methyl/N-ethyl adjacent to an activating group) is 1. The van der Waals surface area contributed by atoms with Gasteiger partial charge in [0, 0.05) is 30.1 Å². The van der Waals surface area contributed by atoms with E-state index >= 15 is 0 Å². The van der Waals surface area contributed by atoms with Crippen LogP contribution >= 0.6 is 11.3 Å². The molecular weight excluding hydrogens is 308 g/mol. The van der Waals surface area contributed by atoms with Crippen molar-refractivity contribution in [3.05, 3.63) is 35.5 Å². The lowest BCUT2D eigenvalue weighted by molar-refractivity contribution is -0.121. The van der Waals surface area contributed by atoms with Crippen molar-refractivity contribution in [2.24, 2.45) is 0 Å². The van der Waals surface area contributed by atoms with Gasteiger partial charge in [-0.15, -0.1) is 11.3 Å². The Hall–Kier alpha value is -1.79. The van der Waals surface area contributed by atoms with Crippen LogP contribution in [0.25, 0.3) is 10.7 Å². The summed E-state index contributed by atoms with van der Waals surface area (Å²) in [5.74, 6) is 0.0623. The minimum absolute atomic E-state index is 0.0531. The van der Waals surface area contributed by atoms with E-state index in [9.17, 15) is 4.79 Å². The van der Waals surface area contributed by atoms with Gasteiger partial charge in [-0.05, 0) is 46.5 Å². The molecule has 0 atom stereocenters. The van der Waals surface area contributed by atoms with Gasteiger partial charge in [0.05, 0.1) is 11.4 Å². The summed E-state index contributed by atoms with van der Waals surface area (Å²) < 4.78 is 0. The Bertz CT molecular complexity index is 637. The number of aryl methyl sites for hydroxylation is 1. The standard InChI is InChI=1S/C17H24N4OS/c1-17(2,21(3)4)12-19-15(22)9-8-13-11-23-16(20-13)14-7-5-6-10-18-14/h5-7,10-11H,8-9,12H2,1-4H3,(H,19,22). The number of hydrogen-bond donors (Lipinski definition) is 1. The second-order valence-electron chi connectivity index (χ2n) is 6.34. The number of rotatable bonds is 7. The van der Waals surface area contributed by atoms with Crippen LogP contribution in [0.4, 0.5) is 0 Å². The van der Waals surface area contributed by atoms with Gasteiger partial charge in [0.2, 0.25) is 5.91 Å². The number of hydrogen-bond acceptors (Lipinski definition) is 5. The molecule has 0 aliphatic carbocycles. The lowest BCUT2D eigenvalue weighted by atomic mass is 10.0. The number of pyridine rings is 1. The highest BCUT2D eigenvalue weighted by Gasteiger charge is 2.20. The molecule has 0 saturated heterocycles. The monoisotopic (exact) mass is 332 g/mol. The average Bonchev–Trinajstić information content (AvgIpc) is 3.01. The molecule has 0 bridgehead atoms. The highest BCUT2D eigenvalue weighted by molar-refractivity contribution is 7.13. The number of nitrogens with one attached hydrogen (secondary N) is 1. The molecule has 0 radical (unpaired) electrons. The molecule has 1 N–H and O–H groups in total. The molecule has 0 spiro atoms. The molecule has 5 nitrogen and oxygen atoms in total. The third-order valence-corrected chi connectivity index (χ3v) is 4.89. The first-order valence-corrected chi connectivity index (χ1v) is 8.56. The fourth-order valence-corrected chi connectivity index (χ4v) is 2.66. The third kappa shape index (κ3) is 5.11. The predicted octanol–water partition coefficient (Wildman–Crippen LogP) is 2.59. The van der Waals surface area contributed by atoms with E-state index in [2.05, 4.69) is 34.0 Å². The molecule has 124 valence electrons. The van der Waals surface area contributed by atoms with Crippen molar-refractivity contribution in [2.45, 2.75) is 32.2 Å². The lowest BCUT2D eigenvalue weighted by Crippen LogP contribution is -2.48. The molecular formula is C17H24N4OS. The largest absolute Gasteiger partial charge is 0.354 e. The first-order valence-electron chi connectivity index (χ1n) is 7.68. The molecule has 23 heavy (non-hydrogen) atoms. The number of amides is 1. The van der Waals surface area contributed by atoms with Crippen LogP contribution in [0.1, 0.15) is 26.0 Å². The van der Waals surface area contributed by atoms with Gasteiger partial charge >= 0.3 is 0 Å². The molecule has 0 aliphatic rings. The van der Waals surface area contributed by atoms with E-state index in [1.54, 1.807) is 17.5 Å². The van der Waals surface area contributed by atoms with Crippen molar-refractivity contribution >= 4 is 17.2 Å². The first-order chi connectivity index (χ1) is 10.9. The molecule has 1 amide bonds.